The zero-order valence-corrected chi connectivity index (χ0v) is 19.9. The second-order valence-corrected chi connectivity index (χ2v) is 9.41. The molecule has 12 heteroatoms. The number of nitrogens with zero attached hydrogens (tertiary/aromatic N) is 3. The van der Waals surface area contributed by atoms with Gasteiger partial charge in [-0.15, -0.1) is 0 Å². The summed E-state index contributed by atoms with van der Waals surface area (Å²) in [6.45, 7) is 1.91. The molecule has 4 rings (SSSR count). The Hall–Kier alpha value is -3.93. The molecule has 36 heavy (non-hydrogen) atoms. The Morgan fingerprint density at radius 2 is 1.81 bits per heavy atom. The van der Waals surface area contributed by atoms with Crippen molar-refractivity contribution in [2.24, 2.45) is 11.0 Å². The van der Waals surface area contributed by atoms with Crippen LogP contribution in [0, 0.1) is 29.2 Å². The minimum absolute atomic E-state index is 0.195. The van der Waals surface area contributed by atoms with E-state index < -0.39 is 49.6 Å². The van der Waals surface area contributed by atoms with Crippen molar-refractivity contribution < 1.29 is 30.7 Å². The number of hydrogen-bond acceptors (Lipinski definition) is 6. The Labute approximate surface area is 204 Å². The average Bonchev–Trinajstić information content (AvgIpc) is 2.87. The number of halogens is 4. The van der Waals surface area contributed by atoms with Gasteiger partial charge in [0.15, 0.2) is 11.6 Å². The normalized spacial score (nSPS) is 15.6. The molecule has 2 heterocycles. The van der Waals surface area contributed by atoms with Crippen molar-refractivity contribution in [3.05, 3.63) is 83.8 Å². The summed E-state index contributed by atoms with van der Waals surface area (Å²) in [6, 6.07) is 5.20. The fourth-order valence-corrected chi connectivity index (χ4v) is 4.78. The van der Waals surface area contributed by atoms with Gasteiger partial charge >= 0.3 is 0 Å². The Bertz CT molecular complexity index is 1480. The monoisotopic (exact) mass is 520 g/mol. The van der Waals surface area contributed by atoms with Crippen molar-refractivity contribution in [2.45, 2.75) is 18.2 Å². The van der Waals surface area contributed by atoms with E-state index in [9.17, 15) is 21.6 Å². The van der Waals surface area contributed by atoms with E-state index in [0.717, 1.165) is 23.2 Å². The van der Waals surface area contributed by atoms with Gasteiger partial charge in [-0.2, -0.15) is 5.10 Å². The number of allylic oxidation sites excluding steroid dienone is 1. The van der Waals surface area contributed by atoms with Gasteiger partial charge < -0.3 is 4.74 Å². The smallest absolute Gasteiger partial charge is 0.265 e. The maximum Gasteiger partial charge on any atom is 0.265 e. The maximum atomic E-state index is 15.5. The molecule has 7 nitrogen and oxygen atoms in total. The van der Waals surface area contributed by atoms with Crippen LogP contribution in [0.2, 0.25) is 0 Å². The highest BCUT2D eigenvalue weighted by Crippen LogP contribution is 2.36. The van der Waals surface area contributed by atoms with Crippen LogP contribution in [-0.2, 0) is 10.0 Å². The highest BCUT2D eigenvalue weighted by Gasteiger charge is 2.27. The SMILES string of the molecule is CCC1C=NN(c2c(F)ccc(NS(=O)(=O)c3cc(F)ccc3F)c2F)C=C1c1cncc(OC)c1. The Morgan fingerprint density at radius 3 is 2.53 bits per heavy atom. The second kappa shape index (κ2) is 9.97. The Balaban J connectivity index is 1.75. The van der Waals surface area contributed by atoms with Crippen molar-refractivity contribution in [2.75, 3.05) is 16.8 Å². The fourth-order valence-electron chi connectivity index (χ4n) is 3.63. The number of pyridine rings is 1. The number of ether oxygens (including phenoxy) is 1. The Morgan fingerprint density at radius 1 is 1.06 bits per heavy atom. The zero-order chi connectivity index (χ0) is 26.0. The molecule has 0 aliphatic carbocycles. The summed E-state index contributed by atoms with van der Waals surface area (Å²) in [5.41, 5.74) is -0.0722. The Kier molecular flexibility index (Phi) is 6.97. The average molecular weight is 521 g/mol. The number of benzene rings is 2. The van der Waals surface area contributed by atoms with E-state index >= 15 is 4.39 Å². The lowest BCUT2D eigenvalue weighted by Gasteiger charge is -2.26. The summed E-state index contributed by atoms with van der Waals surface area (Å²) in [5.74, 6) is -4.29. The number of aromatic nitrogens is 1. The molecule has 1 unspecified atom stereocenters. The number of sulfonamides is 1. The first-order chi connectivity index (χ1) is 17.1. The van der Waals surface area contributed by atoms with Crippen molar-refractivity contribution >= 4 is 33.2 Å². The van der Waals surface area contributed by atoms with Gasteiger partial charge in [-0.05, 0) is 48.4 Å². The number of hydrogen-bond donors (Lipinski definition) is 1. The van der Waals surface area contributed by atoms with Gasteiger partial charge in [0.2, 0.25) is 0 Å². The number of nitrogens with one attached hydrogen (secondary N) is 1. The highest BCUT2D eigenvalue weighted by molar-refractivity contribution is 7.92. The zero-order valence-electron chi connectivity index (χ0n) is 19.0. The quantitative estimate of drug-likeness (QED) is 0.427. The lowest BCUT2D eigenvalue weighted by atomic mass is 9.92. The summed E-state index contributed by atoms with van der Waals surface area (Å²) in [4.78, 5) is 3.09. The summed E-state index contributed by atoms with van der Waals surface area (Å²) in [6.07, 6.45) is 6.63. The summed E-state index contributed by atoms with van der Waals surface area (Å²) < 4.78 is 90.1. The van der Waals surface area contributed by atoms with E-state index in [1.165, 1.54) is 25.7 Å². The number of rotatable bonds is 7. The van der Waals surface area contributed by atoms with Crippen LogP contribution in [-0.4, -0.2) is 26.7 Å². The van der Waals surface area contributed by atoms with Crippen LogP contribution in [0.3, 0.4) is 0 Å². The van der Waals surface area contributed by atoms with E-state index in [0.29, 0.717) is 35.4 Å². The number of hydrazone groups is 1. The van der Waals surface area contributed by atoms with Gasteiger partial charge in [0.25, 0.3) is 10.0 Å². The lowest BCUT2D eigenvalue weighted by Crippen LogP contribution is -2.22. The van der Waals surface area contributed by atoms with Gasteiger partial charge in [-0.25, -0.2) is 31.0 Å². The van der Waals surface area contributed by atoms with Gasteiger partial charge in [0, 0.05) is 30.1 Å². The molecule has 0 fully saturated rings. The first kappa shape index (κ1) is 25.2. The van der Waals surface area contributed by atoms with Crippen molar-refractivity contribution in [1.29, 1.82) is 0 Å². The molecule has 0 spiro atoms. The van der Waals surface area contributed by atoms with E-state index in [-0.39, 0.29) is 5.92 Å². The minimum Gasteiger partial charge on any atom is -0.495 e. The fraction of sp³-hybridized carbons (Fsp3) is 0.167. The summed E-state index contributed by atoms with van der Waals surface area (Å²) in [5, 5.41) is 5.06. The van der Waals surface area contributed by atoms with Crippen LogP contribution < -0.4 is 14.5 Å². The molecule has 1 atom stereocenters. The van der Waals surface area contributed by atoms with Crippen molar-refractivity contribution in [3.8, 4) is 5.75 Å². The van der Waals surface area contributed by atoms with Gasteiger partial charge in [-0.3, -0.25) is 9.71 Å². The second-order valence-electron chi connectivity index (χ2n) is 7.76. The molecule has 188 valence electrons. The third kappa shape index (κ3) is 4.89. The minimum atomic E-state index is -4.75. The van der Waals surface area contributed by atoms with E-state index in [1.54, 1.807) is 12.3 Å². The topological polar surface area (TPSA) is 83.9 Å². The van der Waals surface area contributed by atoms with E-state index in [1.807, 2.05) is 11.6 Å². The van der Waals surface area contributed by atoms with E-state index in [2.05, 4.69) is 10.1 Å². The van der Waals surface area contributed by atoms with Crippen LogP contribution >= 0.6 is 0 Å². The molecule has 0 saturated heterocycles. The van der Waals surface area contributed by atoms with Crippen molar-refractivity contribution in [3.63, 3.8) is 0 Å². The molecular formula is C24H20F4N4O3S. The molecule has 0 radical (unpaired) electrons. The van der Waals surface area contributed by atoms with Crippen LogP contribution in [0.25, 0.3) is 5.57 Å². The van der Waals surface area contributed by atoms with Gasteiger partial charge in [-0.1, -0.05) is 6.92 Å². The molecule has 2 aromatic carbocycles. The molecule has 1 aromatic heterocycles. The third-order valence-corrected chi connectivity index (χ3v) is 6.86. The standard InChI is InChI=1S/C24H20F4N4O3S/c1-3-14-11-30-32(13-18(14)15-8-17(35-2)12-29-10-15)24-20(27)6-7-21(23(24)28)31-36(33,34)22-9-16(25)4-5-19(22)26/h4-14,31H,3H2,1-2H3. The molecule has 0 amide bonds. The largest absolute Gasteiger partial charge is 0.495 e. The molecule has 0 bridgehead atoms. The van der Waals surface area contributed by atoms with Crippen molar-refractivity contribution in [1.82, 2.24) is 4.98 Å². The number of methoxy groups -OCH3 is 1. The van der Waals surface area contributed by atoms with Crippen LogP contribution in [0.4, 0.5) is 28.9 Å². The van der Waals surface area contributed by atoms with E-state index in [4.69, 9.17) is 4.74 Å². The van der Waals surface area contributed by atoms with Crippen LogP contribution in [0.15, 0.2) is 65.0 Å². The third-order valence-electron chi connectivity index (χ3n) is 5.48. The predicted molar refractivity (Wildman–Crippen MR) is 127 cm³/mol. The summed E-state index contributed by atoms with van der Waals surface area (Å²) >= 11 is 0. The predicted octanol–water partition coefficient (Wildman–Crippen LogP) is 5.32. The molecule has 1 aliphatic heterocycles. The first-order valence-electron chi connectivity index (χ1n) is 10.6. The summed E-state index contributed by atoms with van der Waals surface area (Å²) in [7, 11) is -3.27. The van der Waals surface area contributed by atoms with Crippen LogP contribution in [0.1, 0.15) is 18.9 Å². The highest BCUT2D eigenvalue weighted by atomic mass is 32.2. The molecule has 3 aromatic rings. The van der Waals surface area contributed by atoms with Crippen LogP contribution in [0.5, 0.6) is 5.75 Å². The molecule has 1 aliphatic rings. The molecule has 1 N–H and O–H groups in total. The number of anilines is 2. The molecular weight excluding hydrogens is 500 g/mol. The maximum absolute atomic E-state index is 15.5. The van der Waals surface area contributed by atoms with Gasteiger partial charge in [0.1, 0.15) is 28.0 Å². The first-order valence-corrected chi connectivity index (χ1v) is 12.1. The molecule has 0 saturated carbocycles. The lowest BCUT2D eigenvalue weighted by molar-refractivity contribution is 0.412. The van der Waals surface area contributed by atoms with Gasteiger partial charge in [0.05, 0.1) is 19.0 Å².